The van der Waals surface area contributed by atoms with Crippen LogP contribution < -0.4 is 10.6 Å². The number of nitrogens with one attached hydrogen (secondary N) is 2. The minimum absolute atomic E-state index is 0.0582. The molecule has 5 nitrogen and oxygen atoms in total. The van der Waals surface area contributed by atoms with Crippen LogP contribution in [-0.4, -0.2) is 29.3 Å². The lowest BCUT2D eigenvalue weighted by molar-refractivity contribution is 0.400. The Kier molecular flexibility index (Phi) is 2.65. The Balaban J connectivity index is 2.00. The average molecular weight is 210 g/mol. The van der Waals surface area contributed by atoms with Crippen molar-refractivity contribution < 1.29 is 4.52 Å². The predicted molar refractivity (Wildman–Crippen MR) is 57.9 cm³/mol. The zero-order chi connectivity index (χ0) is 10.9. The van der Waals surface area contributed by atoms with Crippen molar-refractivity contribution in [2.24, 2.45) is 0 Å². The van der Waals surface area contributed by atoms with Gasteiger partial charge in [-0.1, -0.05) is 25.9 Å². The molecule has 0 aromatic carbocycles. The van der Waals surface area contributed by atoms with Gasteiger partial charge in [-0.2, -0.15) is 4.98 Å². The third-order valence-electron chi connectivity index (χ3n) is 2.48. The van der Waals surface area contributed by atoms with Crippen molar-refractivity contribution in [1.29, 1.82) is 0 Å². The molecule has 0 aliphatic carbocycles. The van der Waals surface area contributed by atoms with E-state index in [1.807, 2.05) is 0 Å². The number of hydrogen-bond donors (Lipinski definition) is 2. The highest BCUT2D eigenvalue weighted by Gasteiger charge is 2.22. The van der Waals surface area contributed by atoms with Crippen LogP contribution in [0.3, 0.4) is 0 Å². The van der Waals surface area contributed by atoms with Crippen molar-refractivity contribution in [2.45, 2.75) is 38.6 Å². The zero-order valence-electron chi connectivity index (χ0n) is 9.50. The van der Waals surface area contributed by atoms with E-state index in [1.165, 1.54) is 0 Å². The number of anilines is 1. The van der Waals surface area contributed by atoms with Crippen LogP contribution in [0.15, 0.2) is 4.52 Å². The van der Waals surface area contributed by atoms with E-state index in [1.54, 1.807) is 0 Å². The molecule has 0 radical (unpaired) electrons. The average Bonchev–Trinajstić information content (AvgIpc) is 2.73. The molecule has 1 saturated heterocycles. The van der Waals surface area contributed by atoms with Crippen LogP contribution in [0.25, 0.3) is 0 Å². The van der Waals surface area contributed by atoms with Crippen LogP contribution >= 0.6 is 0 Å². The van der Waals surface area contributed by atoms with Gasteiger partial charge in [-0.15, -0.1) is 0 Å². The van der Waals surface area contributed by atoms with Crippen LogP contribution in [0, 0.1) is 0 Å². The van der Waals surface area contributed by atoms with E-state index in [0.717, 1.165) is 25.3 Å². The lowest BCUT2D eigenvalue weighted by Gasteiger charge is -2.11. The predicted octanol–water partition coefficient (Wildman–Crippen LogP) is 1.14. The molecule has 1 fully saturated rings. The van der Waals surface area contributed by atoms with Crippen molar-refractivity contribution in [3.8, 4) is 0 Å². The summed E-state index contributed by atoms with van der Waals surface area (Å²) in [6.45, 7) is 8.22. The summed E-state index contributed by atoms with van der Waals surface area (Å²) in [4.78, 5) is 4.33. The van der Waals surface area contributed by atoms with Crippen molar-refractivity contribution in [3.05, 3.63) is 5.82 Å². The summed E-state index contributed by atoms with van der Waals surface area (Å²) in [5.41, 5.74) is -0.0582. The molecular formula is C10H18N4O. The molecule has 5 heteroatoms. The maximum atomic E-state index is 5.15. The summed E-state index contributed by atoms with van der Waals surface area (Å²) in [5, 5.41) is 10.5. The van der Waals surface area contributed by atoms with E-state index in [4.69, 9.17) is 4.52 Å². The summed E-state index contributed by atoms with van der Waals surface area (Å²) in [6.07, 6.45) is 1.10. The van der Waals surface area contributed by atoms with Gasteiger partial charge in [-0.3, -0.25) is 0 Å². The topological polar surface area (TPSA) is 63.0 Å². The largest absolute Gasteiger partial charge is 0.334 e. The van der Waals surface area contributed by atoms with E-state index < -0.39 is 0 Å². The van der Waals surface area contributed by atoms with Gasteiger partial charge in [-0.05, 0) is 13.0 Å². The Morgan fingerprint density at radius 2 is 2.27 bits per heavy atom. The molecule has 1 unspecified atom stereocenters. The molecule has 1 aromatic rings. The second-order valence-corrected chi connectivity index (χ2v) is 5.01. The first-order valence-corrected chi connectivity index (χ1v) is 5.37. The fraction of sp³-hybridized carbons (Fsp3) is 0.800. The van der Waals surface area contributed by atoms with E-state index in [2.05, 4.69) is 41.5 Å². The summed E-state index contributed by atoms with van der Waals surface area (Å²) < 4.78 is 5.15. The van der Waals surface area contributed by atoms with Crippen molar-refractivity contribution in [1.82, 2.24) is 15.5 Å². The minimum Gasteiger partial charge on any atom is -0.334 e. The standard InChI is InChI=1S/C10H18N4O/c1-10(2,3)8-13-9(15-14-8)12-7-4-5-11-6-7/h7,11H,4-6H2,1-3H3,(H,12,13,14). The van der Waals surface area contributed by atoms with Crippen LogP contribution in [0.1, 0.15) is 33.0 Å². The van der Waals surface area contributed by atoms with Gasteiger partial charge in [0.1, 0.15) is 0 Å². The lowest BCUT2D eigenvalue weighted by atomic mass is 9.96. The second kappa shape index (κ2) is 3.81. The van der Waals surface area contributed by atoms with Crippen LogP contribution in [0.4, 0.5) is 6.01 Å². The van der Waals surface area contributed by atoms with Crippen LogP contribution in [0.2, 0.25) is 0 Å². The van der Waals surface area contributed by atoms with Gasteiger partial charge in [-0.25, -0.2) is 0 Å². The third-order valence-corrected chi connectivity index (χ3v) is 2.48. The third kappa shape index (κ3) is 2.47. The molecule has 2 rings (SSSR count). The Hall–Kier alpha value is -1.10. The van der Waals surface area contributed by atoms with E-state index in [0.29, 0.717) is 12.1 Å². The van der Waals surface area contributed by atoms with E-state index >= 15 is 0 Å². The van der Waals surface area contributed by atoms with E-state index in [9.17, 15) is 0 Å². The highest BCUT2D eigenvalue weighted by molar-refractivity contribution is 5.23. The maximum Gasteiger partial charge on any atom is 0.321 e. The summed E-state index contributed by atoms with van der Waals surface area (Å²) in [5.74, 6) is 0.746. The molecule has 2 N–H and O–H groups in total. The smallest absolute Gasteiger partial charge is 0.321 e. The van der Waals surface area contributed by atoms with E-state index in [-0.39, 0.29) is 5.41 Å². The van der Waals surface area contributed by atoms with Crippen molar-refractivity contribution >= 4 is 6.01 Å². The SMILES string of the molecule is CC(C)(C)c1noc(NC2CCNC2)n1. The Morgan fingerprint density at radius 1 is 1.47 bits per heavy atom. The number of nitrogens with zero attached hydrogens (tertiary/aromatic N) is 2. The fourth-order valence-corrected chi connectivity index (χ4v) is 1.54. The van der Waals surface area contributed by atoms with Crippen molar-refractivity contribution in [3.63, 3.8) is 0 Å². The molecule has 0 amide bonds. The van der Waals surface area contributed by atoms with Gasteiger partial charge >= 0.3 is 6.01 Å². The molecule has 0 saturated carbocycles. The first-order valence-electron chi connectivity index (χ1n) is 5.37. The van der Waals surface area contributed by atoms with Gasteiger partial charge in [0.25, 0.3) is 0 Å². The monoisotopic (exact) mass is 210 g/mol. The molecular weight excluding hydrogens is 192 g/mol. The van der Waals surface area contributed by atoms with Gasteiger partial charge in [0.15, 0.2) is 5.82 Å². The van der Waals surface area contributed by atoms with Crippen LogP contribution in [-0.2, 0) is 5.41 Å². The Bertz CT molecular complexity index is 322. The second-order valence-electron chi connectivity index (χ2n) is 5.01. The molecule has 2 heterocycles. The lowest BCUT2D eigenvalue weighted by Crippen LogP contribution is -2.22. The van der Waals surface area contributed by atoms with Gasteiger partial charge in [0, 0.05) is 18.0 Å². The van der Waals surface area contributed by atoms with Gasteiger partial charge in [0.05, 0.1) is 0 Å². The maximum absolute atomic E-state index is 5.15. The normalized spacial score (nSPS) is 21.9. The zero-order valence-corrected chi connectivity index (χ0v) is 9.50. The number of hydrogen-bond acceptors (Lipinski definition) is 5. The molecule has 0 bridgehead atoms. The van der Waals surface area contributed by atoms with Gasteiger partial charge in [0.2, 0.25) is 0 Å². The van der Waals surface area contributed by atoms with Crippen molar-refractivity contribution in [2.75, 3.05) is 18.4 Å². The minimum atomic E-state index is -0.0582. The number of aromatic nitrogens is 2. The molecule has 1 aliphatic rings. The molecule has 1 aromatic heterocycles. The Morgan fingerprint density at radius 3 is 2.80 bits per heavy atom. The quantitative estimate of drug-likeness (QED) is 0.766. The fourth-order valence-electron chi connectivity index (χ4n) is 1.54. The molecule has 15 heavy (non-hydrogen) atoms. The van der Waals surface area contributed by atoms with Gasteiger partial charge < -0.3 is 15.2 Å². The summed E-state index contributed by atoms with van der Waals surface area (Å²) in [7, 11) is 0. The molecule has 0 spiro atoms. The first-order chi connectivity index (χ1) is 7.05. The molecule has 1 atom stereocenters. The summed E-state index contributed by atoms with van der Waals surface area (Å²) >= 11 is 0. The Labute approximate surface area is 89.6 Å². The van der Waals surface area contributed by atoms with Crippen LogP contribution in [0.5, 0.6) is 0 Å². The summed E-state index contributed by atoms with van der Waals surface area (Å²) in [6, 6.07) is 0.951. The first kappa shape index (κ1) is 10.4. The highest BCUT2D eigenvalue weighted by atomic mass is 16.5. The molecule has 84 valence electrons. The molecule has 1 aliphatic heterocycles. The number of rotatable bonds is 2. The highest BCUT2D eigenvalue weighted by Crippen LogP contribution is 2.20.